The largest absolute Gasteiger partial charge is 0.472 e. The van der Waals surface area contributed by atoms with Gasteiger partial charge < -0.3 is 25.5 Å². The molecule has 0 radical (unpaired) electrons. The van der Waals surface area contributed by atoms with Crippen LogP contribution in [0.15, 0.2) is 6.20 Å². The molecule has 5 N–H and O–H groups in total. The molecule has 1 aromatic heterocycles. The fraction of sp³-hybridized carbons (Fsp3) is 0.857. The van der Waals surface area contributed by atoms with Crippen molar-refractivity contribution < 1.29 is 51.7 Å². The minimum Gasteiger partial charge on any atom is -0.396 e. The molecule has 0 saturated heterocycles. The number of phosphoric ester groups is 2. The van der Waals surface area contributed by atoms with Crippen LogP contribution in [0.5, 0.6) is 0 Å². The number of unbranched alkanes of at least 4 members (excludes halogenated alkanes) is 3. The number of nitrogens with one attached hydrogen (secondary N) is 2. The second kappa shape index (κ2) is 20.6. The van der Waals surface area contributed by atoms with E-state index in [1.54, 1.807) is 52.4 Å². The summed E-state index contributed by atoms with van der Waals surface area (Å²) in [6.07, 6.45) is 6.59. The Hall–Kier alpha value is -1.74. The minimum atomic E-state index is -4.21. The van der Waals surface area contributed by atoms with Crippen LogP contribution in [0.1, 0.15) is 105 Å². The standard InChI is InChI=1S/C28H55N5O11P2/c1-27(2,3)43-45(37,38)41-18-11-7-8-14-26(36)30-19-24-20-33(32-31-24)17-12-15-25(35)29-16-10-9-13-23(21-34)22-42-46(39,40)44-28(4,5)6/h20,23,34H,7-19,21-22H2,1-6H3,(H,29,35)(H,30,36)(H,37,38)(H,39,40). The van der Waals surface area contributed by atoms with Crippen LogP contribution >= 0.6 is 15.6 Å². The molecule has 2 amide bonds. The summed E-state index contributed by atoms with van der Waals surface area (Å²) in [6.45, 7) is 10.9. The van der Waals surface area contributed by atoms with E-state index >= 15 is 0 Å². The number of carbonyl (C=O) groups excluding carboxylic acids is 2. The third-order valence-corrected chi connectivity index (χ3v) is 8.56. The van der Waals surface area contributed by atoms with Crippen LogP contribution in [0.25, 0.3) is 0 Å². The minimum absolute atomic E-state index is 0.0619. The Balaban J connectivity index is 2.13. The molecule has 0 spiro atoms. The Kier molecular flexibility index (Phi) is 18.9. The van der Waals surface area contributed by atoms with Crippen molar-refractivity contribution in [1.29, 1.82) is 0 Å². The molecule has 0 aromatic carbocycles. The number of amides is 2. The lowest BCUT2D eigenvalue weighted by atomic mass is 10.0. The number of aromatic nitrogens is 3. The molecular weight excluding hydrogens is 644 g/mol. The molecule has 268 valence electrons. The second-order valence-electron chi connectivity index (χ2n) is 13.0. The number of phosphoric acid groups is 2. The average molecular weight is 700 g/mol. The van der Waals surface area contributed by atoms with Gasteiger partial charge in [-0.3, -0.25) is 32.4 Å². The lowest BCUT2D eigenvalue weighted by molar-refractivity contribution is -0.122. The number of carbonyl (C=O) groups is 2. The zero-order valence-corrected chi connectivity index (χ0v) is 29.9. The Labute approximate surface area is 272 Å². The maximum absolute atomic E-state index is 12.2. The molecule has 3 unspecified atom stereocenters. The van der Waals surface area contributed by atoms with Crippen molar-refractivity contribution in [2.45, 2.75) is 124 Å². The second-order valence-corrected chi connectivity index (χ2v) is 15.8. The molecule has 0 bridgehead atoms. The first-order valence-corrected chi connectivity index (χ1v) is 18.7. The number of aliphatic hydroxyl groups excluding tert-OH is 1. The molecule has 0 aliphatic rings. The number of nitrogens with zero attached hydrogens (tertiary/aromatic N) is 3. The van der Waals surface area contributed by atoms with E-state index in [1.165, 1.54) is 0 Å². The van der Waals surface area contributed by atoms with Crippen molar-refractivity contribution in [3.05, 3.63) is 11.9 Å². The molecule has 0 aliphatic heterocycles. The molecular formula is C28H55N5O11P2. The zero-order valence-electron chi connectivity index (χ0n) is 28.1. The number of aryl methyl sites for hydroxylation is 1. The summed E-state index contributed by atoms with van der Waals surface area (Å²) in [4.78, 5) is 43.7. The van der Waals surface area contributed by atoms with Crippen LogP contribution in [-0.4, -0.2) is 79.3 Å². The zero-order chi connectivity index (χ0) is 34.9. The van der Waals surface area contributed by atoms with E-state index in [-0.39, 0.29) is 44.1 Å². The Morgan fingerprint density at radius 2 is 1.48 bits per heavy atom. The topological polar surface area (TPSA) is 221 Å². The van der Waals surface area contributed by atoms with Gasteiger partial charge in [-0.25, -0.2) is 9.13 Å². The van der Waals surface area contributed by atoms with Crippen LogP contribution in [0.2, 0.25) is 0 Å². The Morgan fingerprint density at radius 1 is 0.870 bits per heavy atom. The van der Waals surface area contributed by atoms with Gasteiger partial charge in [-0.2, -0.15) is 0 Å². The Morgan fingerprint density at radius 3 is 2.11 bits per heavy atom. The predicted octanol–water partition coefficient (Wildman–Crippen LogP) is 3.99. The van der Waals surface area contributed by atoms with Gasteiger partial charge in [0.05, 0.1) is 37.2 Å². The molecule has 1 aromatic rings. The SMILES string of the molecule is CC(C)(C)OP(=O)(O)OCCCCCC(=O)NCc1cn(CCCC(=O)NCCCCC(CO)COP(=O)(O)OC(C)(C)C)nn1. The van der Waals surface area contributed by atoms with Gasteiger partial charge in [0, 0.05) is 38.5 Å². The van der Waals surface area contributed by atoms with Crippen LogP contribution in [0.4, 0.5) is 0 Å². The normalized spacial score (nSPS) is 15.6. The number of hydrogen-bond acceptors (Lipinski definition) is 11. The first-order valence-electron chi connectivity index (χ1n) is 15.7. The fourth-order valence-electron chi connectivity index (χ4n) is 4.00. The molecule has 0 aliphatic carbocycles. The summed E-state index contributed by atoms with van der Waals surface area (Å²) in [7, 11) is -8.30. The lowest BCUT2D eigenvalue weighted by Gasteiger charge is -2.24. The predicted molar refractivity (Wildman–Crippen MR) is 170 cm³/mol. The highest BCUT2D eigenvalue weighted by molar-refractivity contribution is 7.47. The van der Waals surface area contributed by atoms with E-state index in [0.29, 0.717) is 76.6 Å². The maximum Gasteiger partial charge on any atom is 0.472 e. The molecule has 18 heteroatoms. The lowest BCUT2D eigenvalue weighted by Crippen LogP contribution is -2.24. The summed E-state index contributed by atoms with van der Waals surface area (Å²) in [5, 5.41) is 23.3. The summed E-state index contributed by atoms with van der Waals surface area (Å²) >= 11 is 0. The van der Waals surface area contributed by atoms with Crippen LogP contribution in [-0.2, 0) is 49.9 Å². The van der Waals surface area contributed by atoms with Gasteiger partial charge in [-0.05, 0) is 73.6 Å². The van der Waals surface area contributed by atoms with Crippen molar-refractivity contribution in [1.82, 2.24) is 25.6 Å². The van der Waals surface area contributed by atoms with Gasteiger partial charge in [0.1, 0.15) is 5.69 Å². The molecule has 16 nitrogen and oxygen atoms in total. The summed E-state index contributed by atoms with van der Waals surface area (Å²) in [5.74, 6) is -0.550. The third kappa shape index (κ3) is 22.7. The highest BCUT2D eigenvalue weighted by atomic mass is 31.2. The first kappa shape index (κ1) is 42.3. The van der Waals surface area contributed by atoms with Gasteiger partial charge >= 0.3 is 15.6 Å². The van der Waals surface area contributed by atoms with E-state index in [0.717, 1.165) is 0 Å². The summed E-state index contributed by atoms with van der Waals surface area (Å²) in [5.41, 5.74) is -1.03. The smallest absolute Gasteiger partial charge is 0.396 e. The number of aliphatic hydroxyl groups is 1. The fourth-order valence-corrected chi connectivity index (χ4v) is 6.25. The van der Waals surface area contributed by atoms with Gasteiger partial charge in [-0.1, -0.05) is 18.1 Å². The highest BCUT2D eigenvalue weighted by Crippen LogP contribution is 2.48. The van der Waals surface area contributed by atoms with Gasteiger partial charge in [0.15, 0.2) is 0 Å². The van der Waals surface area contributed by atoms with E-state index in [2.05, 4.69) is 20.9 Å². The quantitative estimate of drug-likeness (QED) is 0.0762. The molecule has 0 fully saturated rings. The van der Waals surface area contributed by atoms with Crippen LogP contribution in [0.3, 0.4) is 0 Å². The number of rotatable bonds is 24. The Bertz CT molecular complexity index is 1140. The summed E-state index contributed by atoms with van der Waals surface area (Å²) < 4.78 is 45.4. The van der Waals surface area contributed by atoms with Crippen molar-refractivity contribution in [2.24, 2.45) is 5.92 Å². The van der Waals surface area contributed by atoms with Gasteiger partial charge in [0.25, 0.3) is 0 Å². The van der Waals surface area contributed by atoms with Crippen molar-refractivity contribution >= 4 is 27.5 Å². The molecule has 1 rings (SSSR count). The summed E-state index contributed by atoms with van der Waals surface area (Å²) in [6, 6.07) is 0. The molecule has 1 heterocycles. The van der Waals surface area contributed by atoms with E-state index in [4.69, 9.17) is 18.1 Å². The molecule has 0 saturated carbocycles. The monoisotopic (exact) mass is 699 g/mol. The molecule has 3 atom stereocenters. The number of hydrogen-bond donors (Lipinski definition) is 5. The highest BCUT2D eigenvalue weighted by Gasteiger charge is 2.30. The maximum atomic E-state index is 12.2. The average Bonchev–Trinajstić information content (AvgIpc) is 3.36. The van der Waals surface area contributed by atoms with E-state index in [1.807, 2.05) is 0 Å². The third-order valence-electron chi connectivity index (χ3n) is 6.02. The van der Waals surface area contributed by atoms with Crippen molar-refractivity contribution in [3.63, 3.8) is 0 Å². The molecule has 46 heavy (non-hydrogen) atoms. The van der Waals surface area contributed by atoms with Crippen molar-refractivity contribution in [2.75, 3.05) is 26.4 Å². The van der Waals surface area contributed by atoms with Gasteiger partial charge in [-0.15, -0.1) is 5.10 Å². The van der Waals surface area contributed by atoms with Gasteiger partial charge in [0.2, 0.25) is 11.8 Å². The van der Waals surface area contributed by atoms with E-state index in [9.17, 15) is 33.6 Å². The van der Waals surface area contributed by atoms with E-state index < -0.39 is 26.8 Å². The van der Waals surface area contributed by atoms with Crippen molar-refractivity contribution in [3.8, 4) is 0 Å². The van der Waals surface area contributed by atoms with Crippen LogP contribution in [0, 0.1) is 5.92 Å². The first-order chi connectivity index (χ1) is 21.3. The van der Waals surface area contributed by atoms with Crippen LogP contribution < -0.4 is 10.6 Å².